The van der Waals surface area contributed by atoms with E-state index in [1.54, 1.807) is 0 Å². The van der Waals surface area contributed by atoms with Gasteiger partial charge in [0.25, 0.3) is 0 Å². The quantitative estimate of drug-likeness (QED) is 0.535. The average Bonchev–Trinajstić information content (AvgIpc) is 3.24. The lowest BCUT2D eigenvalue weighted by Crippen LogP contribution is -2.27. The molecule has 0 spiro atoms. The molecule has 0 atom stereocenters. The van der Waals surface area contributed by atoms with Crippen LogP contribution < -0.4 is 5.32 Å². The Morgan fingerprint density at radius 2 is 1.77 bits per heavy atom. The molecule has 1 aromatic carbocycles. The zero-order valence-electron chi connectivity index (χ0n) is 19.4. The van der Waals surface area contributed by atoms with Crippen LogP contribution in [0.3, 0.4) is 0 Å². The normalized spacial score (nSPS) is 12.2. The van der Waals surface area contributed by atoms with Gasteiger partial charge in [-0.25, -0.2) is 4.68 Å². The summed E-state index contributed by atoms with van der Waals surface area (Å²) in [5, 5.41) is 15.0. The van der Waals surface area contributed by atoms with Gasteiger partial charge in [-0.05, 0) is 39.9 Å². The Balaban J connectivity index is 1.78. The first-order chi connectivity index (χ1) is 14.4. The minimum Gasteiger partial charge on any atom is -0.311 e. The number of rotatable bonds is 5. The van der Waals surface area contributed by atoms with Gasteiger partial charge in [0, 0.05) is 30.0 Å². The smallest absolute Gasteiger partial charge is 0.227 e. The van der Waals surface area contributed by atoms with Crippen molar-refractivity contribution in [3.05, 3.63) is 46.4 Å². The van der Waals surface area contributed by atoms with Gasteiger partial charge in [0.2, 0.25) is 5.91 Å². The van der Waals surface area contributed by atoms with E-state index in [0.29, 0.717) is 17.1 Å². The predicted octanol–water partition coefficient (Wildman–Crippen LogP) is 5.19. The molecule has 0 radical (unpaired) electrons. The standard InChI is InChI=1S/C23H32N6OS/c1-15-8-10-16(11-9-15)20-25-26-21(31)28(20)13-12-19(30)24-18-14-17(22(2,3)4)27-29(18)23(5,6)7/h8-11,14H,12-13H2,1-7H3,(H,24,30)(H,26,31). The topological polar surface area (TPSA) is 80.5 Å². The molecule has 7 nitrogen and oxygen atoms in total. The number of amides is 1. The number of carbonyl (C=O) groups is 1. The molecule has 0 aliphatic heterocycles. The lowest BCUT2D eigenvalue weighted by Gasteiger charge is -2.23. The number of hydrogen-bond acceptors (Lipinski definition) is 4. The number of carbonyl (C=O) groups excluding carboxylic acids is 1. The predicted molar refractivity (Wildman–Crippen MR) is 127 cm³/mol. The Morgan fingerprint density at radius 3 is 2.35 bits per heavy atom. The number of nitrogens with one attached hydrogen (secondary N) is 2. The Bertz CT molecular complexity index is 1120. The zero-order chi connectivity index (χ0) is 23.0. The van der Waals surface area contributed by atoms with Gasteiger partial charge in [-0.15, -0.1) is 0 Å². The number of nitrogens with zero attached hydrogens (tertiary/aromatic N) is 4. The summed E-state index contributed by atoms with van der Waals surface area (Å²) in [7, 11) is 0. The summed E-state index contributed by atoms with van der Waals surface area (Å²) in [5.41, 5.74) is 2.71. The van der Waals surface area contributed by atoms with E-state index in [0.717, 1.165) is 17.1 Å². The highest BCUT2D eigenvalue weighted by atomic mass is 32.1. The van der Waals surface area contributed by atoms with Crippen molar-refractivity contribution in [1.29, 1.82) is 0 Å². The van der Waals surface area contributed by atoms with Gasteiger partial charge in [-0.3, -0.25) is 14.5 Å². The van der Waals surface area contributed by atoms with Gasteiger partial charge in [-0.1, -0.05) is 50.6 Å². The van der Waals surface area contributed by atoms with Crippen molar-refractivity contribution in [3.8, 4) is 11.4 Å². The highest BCUT2D eigenvalue weighted by molar-refractivity contribution is 7.71. The average molecular weight is 441 g/mol. The van der Waals surface area contributed by atoms with Gasteiger partial charge >= 0.3 is 0 Å². The Kier molecular flexibility index (Phi) is 6.23. The lowest BCUT2D eigenvalue weighted by molar-refractivity contribution is -0.116. The highest BCUT2D eigenvalue weighted by Gasteiger charge is 2.25. The molecule has 2 aromatic heterocycles. The van der Waals surface area contributed by atoms with E-state index in [2.05, 4.69) is 57.1 Å². The molecule has 2 heterocycles. The molecular formula is C23H32N6OS. The third-order valence-electron chi connectivity index (χ3n) is 5.01. The minimum atomic E-state index is -0.252. The fraction of sp³-hybridized carbons (Fsp3) is 0.478. The van der Waals surface area contributed by atoms with Gasteiger partial charge < -0.3 is 5.32 Å². The second kappa shape index (κ2) is 8.42. The van der Waals surface area contributed by atoms with E-state index in [9.17, 15) is 4.79 Å². The fourth-order valence-electron chi connectivity index (χ4n) is 3.21. The van der Waals surface area contributed by atoms with Gasteiger partial charge in [0.15, 0.2) is 10.6 Å². The van der Waals surface area contributed by atoms with E-state index in [1.165, 1.54) is 5.56 Å². The summed E-state index contributed by atoms with van der Waals surface area (Å²) < 4.78 is 4.24. The van der Waals surface area contributed by atoms with Crippen molar-refractivity contribution >= 4 is 23.9 Å². The van der Waals surface area contributed by atoms with Crippen LogP contribution in [-0.4, -0.2) is 30.5 Å². The minimum absolute atomic E-state index is 0.0937. The van der Waals surface area contributed by atoms with Crippen LogP contribution in [0.4, 0.5) is 5.82 Å². The summed E-state index contributed by atoms with van der Waals surface area (Å²) >= 11 is 5.39. The number of aromatic nitrogens is 5. The van der Waals surface area contributed by atoms with Crippen LogP contribution in [-0.2, 0) is 22.3 Å². The van der Waals surface area contributed by atoms with Crippen LogP contribution in [0.25, 0.3) is 11.4 Å². The van der Waals surface area contributed by atoms with Gasteiger partial charge in [0.1, 0.15) is 5.82 Å². The largest absolute Gasteiger partial charge is 0.311 e. The monoisotopic (exact) mass is 440 g/mol. The molecule has 0 aliphatic rings. The summed E-state index contributed by atoms with van der Waals surface area (Å²) in [6.07, 6.45) is 0.271. The first kappa shape index (κ1) is 22.9. The van der Waals surface area contributed by atoms with Crippen LogP contribution in [0.1, 0.15) is 59.2 Å². The van der Waals surface area contributed by atoms with E-state index in [1.807, 2.05) is 46.5 Å². The first-order valence-corrected chi connectivity index (χ1v) is 10.9. The molecule has 31 heavy (non-hydrogen) atoms. The molecule has 2 N–H and O–H groups in total. The second-order valence-electron chi connectivity index (χ2n) is 9.92. The molecule has 0 unspecified atom stereocenters. The summed E-state index contributed by atoms with van der Waals surface area (Å²) in [6, 6.07) is 10.0. The van der Waals surface area contributed by atoms with Crippen LogP contribution in [0.5, 0.6) is 0 Å². The maximum atomic E-state index is 12.8. The van der Waals surface area contributed by atoms with Crippen LogP contribution >= 0.6 is 12.2 Å². The molecule has 0 saturated carbocycles. The molecule has 0 bridgehead atoms. The molecular weight excluding hydrogens is 408 g/mol. The number of aromatic amines is 1. The van der Waals surface area contributed by atoms with Crippen molar-refractivity contribution in [2.45, 2.75) is 72.4 Å². The molecule has 0 aliphatic carbocycles. The number of H-pyrrole nitrogens is 1. The SMILES string of the molecule is Cc1ccc(-c2n[nH]c(=S)n2CCC(=O)Nc2cc(C(C)(C)C)nn2C(C)(C)C)cc1. The molecule has 0 fully saturated rings. The van der Waals surface area contributed by atoms with E-state index >= 15 is 0 Å². The fourth-order valence-corrected chi connectivity index (χ4v) is 3.44. The molecule has 3 aromatic rings. The maximum Gasteiger partial charge on any atom is 0.227 e. The van der Waals surface area contributed by atoms with E-state index < -0.39 is 0 Å². The zero-order valence-corrected chi connectivity index (χ0v) is 20.2. The van der Waals surface area contributed by atoms with Crippen molar-refractivity contribution in [3.63, 3.8) is 0 Å². The Morgan fingerprint density at radius 1 is 1.13 bits per heavy atom. The summed E-state index contributed by atoms with van der Waals surface area (Å²) in [4.78, 5) is 12.8. The number of benzene rings is 1. The number of anilines is 1. The maximum absolute atomic E-state index is 12.8. The second-order valence-corrected chi connectivity index (χ2v) is 10.3. The first-order valence-electron chi connectivity index (χ1n) is 10.5. The van der Waals surface area contributed by atoms with Crippen LogP contribution in [0.15, 0.2) is 30.3 Å². The van der Waals surface area contributed by atoms with E-state index in [4.69, 9.17) is 17.3 Å². The third-order valence-corrected chi connectivity index (χ3v) is 5.32. The Hall–Kier alpha value is -2.74. The lowest BCUT2D eigenvalue weighted by atomic mass is 9.92. The van der Waals surface area contributed by atoms with E-state index in [-0.39, 0.29) is 23.3 Å². The van der Waals surface area contributed by atoms with Crippen molar-refractivity contribution < 1.29 is 4.79 Å². The molecule has 166 valence electrons. The number of hydrogen-bond donors (Lipinski definition) is 2. The van der Waals surface area contributed by atoms with Crippen molar-refractivity contribution in [2.24, 2.45) is 0 Å². The Labute approximate surface area is 188 Å². The van der Waals surface area contributed by atoms with Crippen molar-refractivity contribution in [2.75, 3.05) is 5.32 Å². The highest BCUT2D eigenvalue weighted by Crippen LogP contribution is 2.28. The van der Waals surface area contributed by atoms with Crippen LogP contribution in [0, 0.1) is 11.7 Å². The van der Waals surface area contributed by atoms with Gasteiger partial charge in [0.05, 0.1) is 11.2 Å². The van der Waals surface area contributed by atoms with Crippen molar-refractivity contribution in [1.82, 2.24) is 24.5 Å². The third kappa shape index (κ3) is 5.31. The molecule has 0 saturated heterocycles. The summed E-state index contributed by atoms with van der Waals surface area (Å²) in [6.45, 7) is 15.0. The van der Waals surface area contributed by atoms with Crippen LogP contribution in [0.2, 0.25) is 0 Å². The van der Waals surface area contributed by atoms with Gasteiger partial charge in [-0.2, -0.15) is 10.2 Å². The summed E-state index contributed by atoms with van der Waals surface area (Å²) in [5.74, 6) is 1.34. The number of aryl methyl sites for hydroxylation is 1. The molecule has 3 rings (SSSR count). The molecule has 1 amide bonds. The molecule has 8 heteroatoms.